The first-order valence-electron chi connectivity index (χ1n) is 4.88. The third kappa shape index (κ3) is 1.76. The van der Waals surface area contributed by atoms with Crippen molar-refractivity contribution in [1.29, 1.82) is 5.26 Å². The molecule has 1 nitrogen and oxygen atoms in total. The highest BCUT2D eigenvalue weighted by molar-refractivity contribution is 6.30. The molecule has 72 valence electrons. The summed E-state index contributed by atoms with van der Waals surface area (Å²) in [5.74, 6) is 0.700. The maximum absolute atomic E-state index is 8.69. The normalized spacial score (nSPS) is 15.2. The topological polar surface area (TPSA) is 23.8 Å². The van der Waals surface area contributed by atoms with Gasteiger partial charge in [-0.1, -0.05) is 11.6 Å². The molecule has 2 rings (SSSR count). The molecule has 0 radical (unpaired) electrons. The van der Waals surface area contributed by atoms with E-state index in [1.807, 2.05) is 6.07 Å². The first kappa shape index (κ1) is 9.55. The Morgan fingerprint density at radius 1 is 1.50 bits per heavy atom. The fraction of sp³-hybridized carbons (Fsp3) is 0.417. The van der Waals surface area contributed by atoms with Crippen LogP contribution in [0.15, 0.2) is 12.1 Å². The van der Waals surface area contributed by atoms with E-state index in [0.717, 1.165) is 10.6 Å². The molecule has 0 saturated heterocycles. The van der Waals surface area contributed by atoms with Crippen LogP contribution >= 0.6 is 11.6 Å². The van der Waals surface area contributed by atoms with Gasteiger partial charge in [0.25, 0.3) is 0 Å². The molecule has 1 fully saturated rings. The first-order valence-corrected chi connectivity index (χ1v) is 5.26. The van der Waals surface area contributed by atoms with Crippen molar-refractivity contribution in [2.45, 2.75) is 32.1 Å². The maximum atomic E-state index is 8.69. The van der Waals surface area contributed by atoms with Gasteiger partial charge in [-0.05, 0) is 54.5 Å². The van der Waals surface area contributed by atoms with Crippen LogP contribution in [0.25, 0.3) is 0 Å². The molecule has 0 heterocycles. The lowest BCUT2D eigenvalue weighted by Gasteiger charge is -2.09. The van der Waals surface area contributed by atoms with E-state index in [9.17, 15) is 0 Å². The molecule has 0 amide bonds. The predicted molar refractivity (Wildman–Crippen MR) is 57.5 cm³/mol. The molecule has 0 aromatic heterocycles. The Bertz CT molecular complexity index is 400. The molecule has 0 unspecified atom stereocenters. The average molecular weight is 206 g/mol. The van der Waals surface area contributed by atoms with Crippen LogP contribution in [0.3, 0.4) is 0 Å². The molecule has 1 aliphatic carbocycles. The van der Waals surface area contributed by atoms with E-state index in [1.54, 1.807) is 0 Å². The van der Waals surface area contributed by atoms with E-state index in [4.69, 9.17) is 16.9 Å². The smallest absolute Gasteiger partial charge is 0.0669 e. The van der Waals surface area contributed by atoms with Gasteiger partial charge in [-0.25, -0.2) is 0 Å². The summed E-state index contributed by atoms with van der Waals surface area (Å²) in [5.41, 5.74) is 3.70. The maximum Gasteiger partial charge on any atom is 0.0669 e. The third-order valence-corrected chi connectivity index (χ3v) is 3.03. The zero-order valence-corrected chi connectivity index (χ0v) is 8.93. The van der Waals surface area contributed by atoms with Crippen LogP contribution < -0.4 is 0 Å². The first-order chi connectivity index (χ1) is 6.72. The fourth-order valence-electron chi connectivity index (χ4n) is 1.85. The Morgan fingerprint density at radius 3 is 2.79 bits per heavy atom. The quantitative estimate of drug-likeness (QED) is 0.724. The van der Waals surface area contributed by atoms with Gasteiger partial charge in [0.15, 0.2) is 0 Å². The number of benzene rings is 1. The lowest BCUT2D eigenvalue weighted by molar-refractivity contribution is 1.07. The summed E-state index contributed by atoms with van der Waals surface area (Å²) in [6.07, 6.45) is 3.01. The second-order valence-corrected chi connectivity index (χ2v) is 4.32. The summed E-state index contributed by atoms with van der Waals surface area (Å²) in [7, 11) is 0. The zero-order chi connectivity index (χ0) is 10.1. The minimum Gasteiger partial charge on any atom is -0.198 e. The van der Waals surface area contributed by atoms with Crippen molar-refractivity contribution >= 4 is 11.6 Å². The van der Waals surface area contributed by atoms with E-state index >= 15 is 0 Å². The van der Waals surface area contributed by atoms with Gasteiger partial charge in [-0.15, -0.1) is 0 Å². The Hall–Kier alpha value is -1.00. The highest BCUT2D eigenvalue weighted by Gasteiger charge is 2.26. The number of halogens is 1. The Kier molecular flexibility index (Phi) is 2.48. The van der Waals surface area contributed by atoms with Crippen LogP contribution in [-0.4, -0.2) is 0 Å². The molecule has 1 aromatic rings. The predicted octanol–water partition coefficient (Wildman–Crippen LogP) is 3.59. The molecule has 1 saturated carbocycles. The van der Waals surface area contributed by atoms with Crippen molar-refractivity contribution in [3.63, 3.8) is 0 Å². The number of nitriles is 1. The van der Waals surface area contributed by atoms with Gasteiger partial charge in [0.2, 0.25) is 0 Å². The largest absolute Gasteiger partial charge is 0.198 e. The molecule has 2 heteroatoms. The number of hydrogen-bond donors (Lipinski definition) is 0. The molecular weight excluding hydrogens is 194 g/mol. The minimum atomic E-state index is 0.464. The Labute approximate surface area is 89.3 Å². The van der Waals surface area contributed by atoms with Crippen molar-refractivity contribution in [3.05, 3.63) is 33.8 Å². The monoisotopic (exact) mass is 205 g/mol. The third-order valence-electron chi connectivity index (χ3n) is 2.81. The molecule has 0 spiro atoms. The molecule has 0 aliphatic heterocycles. The fourth-order valence-corrected chi connectivity index (χ4v) is 2.09. The van der Waals surface area contributed by atoms with Crippen LogP contribution in [0, 0.1) is 18.3 Å². The van der Waals surface area contributed by atoms with Crippen molar-refractivity contribution in [2.24, 2.45) is 0 Å². The average Bonchev–Trinajstić information content (AvgIpc) is 2.94. The summed E-state index contributed by atoms with van der Waals surface area (Å²) in [4.78, 5) is 0. The summed E-state index contributed by atoms with van der Waals surface area (Å²) in [6, 6.07) is 6.14. The number of nitrogens with zero attached hydrogens (tertiary/aromatic N) is 1. The van der Waals surface area contributed by atoms with E-state index < -0.39 is 0 Å². The van der Waals surface area contributed by atoms with Crippen molar-refractivity contribution in [1.82, 2.24) is 0 Å². The summed E-state index contributed by atoms with van der Waals surface area (Å²) in [5, 5.41) is 9.45. The van der Waals surface area contributed by atoms with E-state index in [1.165, 1.54) is 24.0 Å². The SMILES string of the molecule is Cc1c(CC#N)cc(Cl)cc1C1CC1. The van der Waals surface area contributed by atoms with Crippen LogP contribution in [-0.2, 0) is 6.42 Å². The number of hydrogen-bond acceptors (Lipinski definition) is 1. The highest BCUT2D eigenvalue weighted by atomic mass is 35.5. The van der Waals surface area contributed by atoms with Gasteiger partial charge >= 0.3 is 0 Å². The molecular formula is C12H12ClN. The Morgan fingerprint density at radius 2 is 2.21 bits per heavy atom. The summed E-state index contributed by atoms with van der Waals surface area (Å²) < 4.78 is 0. The highest BCUT2D eigenvalue weighted by Crippen LogP contribution is 2.43. The Balaban J connectivity index is 2.45. The van der Waals surface area contributed by atoms with Gasteiger partial charge in [-0.2, -0.15) is 5.26 Å². The molecule has 14 heavy (non-hydrogen) atoms. The van der Waals surface area contributed by atoms with E-state index in [0.29, 0.717) is 12.3 Å². The lowest BCUT2D eigenvalue weighted by Crippen LogP contribution is -1.94. The van der Waals surface area contributed by atoms with E-state index in [2.05, 4.69) is 19.1 Å². The molecule has 1 aromatic carbocycles. The standard InChI is InChI=1S/C12H12ClN/c1-8-10(4-5-14)6-11(13)7-12(8)9-2-3-9/h6-7,9H,2-4H2,1H3. The van der Waals surface area contributed by atoms with Gasteiger partial charge in [-0.3, -0.25) is 0 Å². The summed E-state index contributed by atoms with van der Waals surface area (Å²) in [6.45, 7) is 2.09. The van der Waals surface area contributed by atoms with Gasteiger partial charge in [0.05, 0.1) is 12.5 Å². The molecule has 0 bridgehead atoms. The van der Waals surface area contributed by atoms with Crippen LogP contribution in [0.4, 0.5) is 0 Å². The minimum absolute atomic E-state index is 0.464. The zero-order valence-electron chi connectivity index (χ0n) is 8.18. The second kappa shape index (κ2) is 3.63. The molecule has 0 N–H and O–H groups in total. The number of rotatable bonds is 2. The van der Waals surface area contributed by atoms with Gasteiger partial charge < -0.3 is 0 Å². The second-order valence-electron chi connectivity index (χ2n) is 3.89. The van der Waals surface area contributed by atoms with Crippen molar-refractivity contribution in [3.8, 4) is 6.07 Å². The van der Waals surface area contributed by atoms with Gasteiger partial charge in [0, 0.05) is 5.02 Å². The van der Waals surface area contributed by atoms with Crippen LogP contribution in [0.2, 0.25) is 5.02 Å². The van der Waals surface area contributed by atoms with Crippen LogP contribution in [0.5, 0.6) is 0 Å². The van der Waals surface area contributed by atoms with Crippen LogP contribution in [0.1, 0.15) is 35.4 Å². The van der Waals surface area contributed by atoms with Crippen molar-refractivity contribution < 1.29 is 0 Å². The molecule has 1 aliphatic rings. The lowest BCUT2D eigenvalue weighted by atomic mass is 9.97. The summed E-state index contributed by atoms with van der Waals surface area (Å²) >= 11 is 6.02. The van der Waals surface area contributed by atoms with Crippen molar-refractivity contribution in [2.75, 3.05) is 0 Å². The van der Waals surface area contributed by atoms with E-state index in [-0.39, 0.29) is 0 Å². The molecule has 0 atom stereocenters. The van der Waals surface area contributed by atoms with Gasteiger partial charge in [0.1, 0.15) is 0 Å².